The van der Waals surface area contributed by atoms with E-state index in [-0.39, 0.29) is 24.1 Å². The number of anilines is 1. The van der Waals surface area contributed by atoms with E-state index in [9.17, 15) is 18.0 Å². The number of halogens is 4. The Morgan fingerprint density at radius 1 is 1.17 bits per heavy atom. The van der Waals surface area contributed by atoms with Gasteiger partial charge in [-0.05, 0) is 62.4 Å². The second kappa shape index (κ2) is 8.90. The summed E-state index contributed by atoms with van der Waals surface area (Å²) in [6, 6.07) is 7.15. The van der Waals surface area contributed by atoms with Crippen molar-refractivity contribution in [2.75, 3.05) is 5.32 Å². The Kier molecular flexibility index (Phi) is 6.52. The first kappa shape index (κ1) is 21.2. The molecule has 0 saturated heterocycles. The molecule has 1 fully saturated rings. The van der Waals surface area contributed by atoms with E-state index in [2.05, 4.69) is 15.6 Å². The highest BCUT2D eigenvalue weighted by molar-refractivity contribution is 6.31. The summed E-state index contributed by atoms with van der Waals surface area (Å²) in [6.45, 7) is 1.86. The van der Waals surface area contributed by atoms with Gasteiger partial charge in [0.2, 0.25) is 5.88 Å². The molecule has 0 unspecified atom stereocenters. The predicted octanol–water partition coefficient (Wildman–Crippen LogP) is 5.57. The average molecular weight is 428 g/mol. The first-order valence-corrected chi connectivity index (χ1v) is 9.62. The van der Waals surface area contributed by atoms with Crippen LogP contribution in [0.5, 0.6) is 5.88 Å². The van der Waals surface area contributed by atoms with Gasteiger partial charge in [0.1, 0.15) is 6.10 Å². The number of ether oxygens (including phenoxy) is 1. The van der Waals surface area contributed by atoms with Crippen LogP contribution in [0.2, 0.25) is 5.02 Å². The standard InChI is InChI=1S/C20H21ClF3N3O2/c1-12-10-15(5-8-17(12)21)27-19(28)26-14-3-6-16(7-4-14)29-18-9-2-13(11-25-18)20(22,23)24/h2,5,8-11,14,16H,3-4,6-7H2,1H3,(H2,26,27,28). The maximum Gasteiger partial charge on any atom is 0.417 e. The normalized spacial score (nSPS) is 19.5. The lowest BCUT2D eigenvalue weighted by Gasteiger charge is -2.29. The summed E-state index contributed by atoms with van der Waals surface area (Å²) < 4.78 is 43.4. The first-order valence-electron chi connectivity index (χ1n) is 9.24. The minimum absolute atomic E-state index is 0.00353. The fourth-order valence-corrected chi connectivity index (χ4v) is 3.31. The Balaban J connectivity index is 1.44. The predicted molar refractivity (Wildman–Crippen MR) is 104 cm³/mol. The fourth-order valence-electron chi connectivity index (χ4n) is 3.19. The minimum atomic E-state index is -4.42. The van der Waals surface area contributed by atoms with Gasteiger partial charge in [0.25, 0.3) is 0 Å². The summed E-state index contributed by atoms with van der Waals surface area (Å²) in [4.78, 5) is 15.9. The lowest BCUT2D eigenvalue weighted by molar-refractivity contribution is -0.137. The Morgan fingerprint density at radius 2 is 1.90 bits per heavy atom. The van der Waals surface area contributed by atoms with Crippen LogP contribution in [0.4, 0.5) is 23.7 Å². The van der Waals surface area contributed by atoms with Crippen LogP contribution in [0.15, 0.2) is 36.5 Å². The van der Waals surface area contributed by atoms with Gasteiger partial charge in [-0.3, -0.25) is 0 Å². The number of hydrogen-bond acceptors (Lipinski definition) is 3. The summed E-state index contributed by atoms with van der Waals surface area (Å²) in [5.74, 6) is 0.172. The maximum absolute atomic E-state index is 12.6. The van der Waals surface area contributed by atoms with Crippen LogP contribution in [0.3, 0.4) is 0 Å². The summed E-state index contributed by atoms with van der Waals surface area (Å²) >= 11 is 5.98. The van der Waals surface area contributed by atoms with Crippen molar-refractivity contribution in [1.29, 1.82) is 0 Å². The third-order valence-corrected chi connectivity index (χ3v) is 5.20. The summed E-state index contributed by atoms with van der Waals surface area (Å²) in [7, 11) is 0. The van der Waals surface area contributed by atoms with E-state index < -0.39 is 11.7 Å². The van der Waals surface area contributed by atoms with Crippen molar-refractivity contribution in [1.82, 2.24) is 10.3 Å². The number of aryl methyl sites for hydroxylation is 1. The van der Waals surface area contributed by atoms with Gasteiger partial charge in [-0.15, -0.1) is 0 Å². The molecular weight excluding hydrogens is 407 g/mol. The van der Waals surface area contributed by atoms with Gasteiger partial charge in [0.15, 0.2) is 0 Å². The van der Waals surface area contributed by atoms with Gasteiger partial charge in [-0.2, -0.15) is 13.2 Å². The molecule has 2 amide bonds. The van der Waals surface area contributed by atoms with E-state index in [0.29, 0.717) is 36.4 Å². The molecule has 3 rings (SSSR count). The molecule has 2 N–H and O–H groups in total. The molecule has 1 saturated carbocycles. The van der Waals surface area contributed by atoms with E-state index in [1.54, 1.807) is 18.2 Å². The molecule has 156 valence electrons. The second-order valence-electron chi connectivity index (χ2n) is 7.04. The molecule has 1 aliphatic carbocycles. The molecule has 1 aromatic heterocycles. The number of nitrogens with zero attached hydrogens (tertiary/aromatic N) is 1. The molecule has 0 atom stereocenters. The average Bonchev–Trinajstić information content (AvgIpc) is 2.66. The van der Waals surface area contributed by atoms with Gasteiger partial charge >= 0.3 is 12.2 Å². The van der Waals surface area contributed by atoms with Gasteiger partial charge < -0.3 is 15.4 Å². The zero-order valence-corrected chi connectivity index (χ0v) is 16.5. The quantitative estimate of drug-likeness (QED) is 0.670. The van der Waals surface area contributed by atoms with E-state index in [0.717, 1.165) is 17.8 Å². The van der Waals surface area contributed by atoms with E-state index in [4.69, 9.17) is 16.3 Å². The molecule has 0 aliphatic heterocycles. The number of carbonyl (C=O) groups excluding carboxylic acids is 1. The third-order valence-electron chi connectivity index (χ3n) is 4.78. The van der Waals surface area contributed by atoms with Crippen molar-refractivity contribution in [3.05, 3.63) is 52.7 Å². The summed E-state index contributed by atoms with van der Waals surface area (Å²) in [5, 5.41) is 6.35. The molecule has 1 heterocycles. The smallest absolute Gasteiger partial charge is 0.417 e. The number of urea groups is 1. The zero-order chi connectivity index (χ0) is 21.0. The van der Waals surface area contributed by atoms with Crippen molar-refractivity contribution in [2.45, 2.75) is 50.9 Å². The molecule has 1 aromatic carbocycles. The van der Waals surface area contributed by atoms with Crippen LogP contribution in [0.25, 0.3) is 0 Å². The van der Waals surface area contributed by atoms with Crippen molar-refractivity contribution >= 4 is 23.3 Å². The van der Waals surface area contributed by atoms with Crippen LogP contribution in [-0.2, 0) is 6.18 Å². The molecule has 0 radical (unpaired) electrons. The van der Waals surface area contributed by atoms with E-state index in [1.807, 2.05) is 6.92 Å². The second-order valence-corrected chi connectivity index (χ2v) is 7.44. The number of amides is 2. The third kappa shape index (κ3) is 6.00. The molecule has 5 nitrogen and oxygen atoms in total. The van der Waals surface area contributed by atoms with Gasteiger partial charge in [0.05, 0.1) is 5.56 Å². The molecule has 0 spiro atoms. The van der Waals surface area contributed by atoms with Gasteiger partial charge in [-0.1, -0.05) is 11.6 Å². The number of pyridine rings is 1. The van der Waals surface area contributed by atoms with Crippen molar-refractivity contribution < 1.29 is 22.7 Å². The van der Waals surface area contributed by atoms with Crippen molar-refractivity contribution in [3.63, 3.8) is 0 Å². The number of hydrogen-bond donors (Lipinski definition) is 2. The Bertz CT molecular complexity index is 851. The molecule has 2 aromatic rings. The Morgan fingerprint density at radius 3 is 2.48 bits per heavy atom. The Hall–Kier alpha value is -2.48. The van der Waals surface area contributed by atoms with Crippen molar-refractivity contribution in [2.24, 2.45) is 0 Å². The van der Waals surface area contributed by atoms with E-state index >= 15 is 0 Å². The van der Waals surface area contributed by atoms with Crippen LogP contribution in [0.1, 0.15) is 36.8 Å². The van der Waals surface area contributed by atoms with Crippen LogP contribution in [0, 0.1) is 6.92 Å². The number of alkyl halides is 3. The van der Waals surface area contributed by atoms with Crippen molar-refractivity contribution in [3.8, 4) is 5.88 Å². The van der Waals surface area contributed by atoms with E-state index in [1.165, 1.54) is 6.07 Å². The lowest BCUT2D eigenvalue weighted by Crippen LogP contribution is -2.41. The maximum atomic E-state index is 12.6. The highest BCUT2D eigenvalue weighted by Crippen LogP contribution is 2.30. The SMILES string of the molecule is Cc1cc(NC(=O)NC2CCC(Oc3ccc(C(F)(F)F)cn3)CC2)ccc1Cl. The highest BCUT2D eigenvalue weighted by Gasteiger charge is 2.31. The van der Waals surface area contributed by atoms with Gasteiger partial charge in [-0.25, -0.2) is 9.78 Å². The largest absolute Gasteiger partial charge is 0.474 e. The molecule has 0 bridgehead atoms. The monoisotopic (exact) mass is 427 g/mol. The minimum Gasteiger partial charge on any atom is -0.474 e. The summed E-state index contributed by atoms with van der Waals surface area (Å²) in [6.07, 6.45) is -1.02. The number of aromatic nitrogens is 1. The number of carbonyl (C=O) groups is 1. The van der Waals surface area contributed by atoms with Crippen LogP contribution in [-0.4, -0.2) is 23.2 Å². The molecule has 1 aliphatic rings. The number of benzene rings is 1. The number of rotatable bonds is 4. The molecule has 9 heteroatoms. The van der Waals surface area contributed by atoms with Crippen LogP contribution >= 0.6 is 11.6 Å². The number of nitrogens with one attached hydrogen (secondary N) is 2. The van der Waals surface area contributed by atoms with Gasteiger partial charge in [0, 0.05) is 29.0 Å². The summed E-state index contributed by atoms with van der Waals surface area (Å²) in [5.41, 5.74) is 0.730. The fraction of sp³-hybridized carbons (Fsp3) is 0.400. The van der Waals surface area contributed by atoms with Crippen LogP contribution < -0.4 is 15.4 Å². The highest BCUT2D eigenvalue weighted by atomic mass is 35.5. The molecule has 29 heavy (non-hydrogen) atoms. The molecular formula is C20H21ClF3N3O2. The topological polar surface area (TPSA) is 63.2 Å². The zero-order valence-electron chi connectivity index (χ0n) is 15.7. The lowest BCUT2D eigenvalue weighted by atomic mass is 9.93. The first-order chi connectivity index (χ1) is 13.7. The Labute approximate surface area is 171 Å².